The number of nitrogens with one attached hydrogen (secondary N) is 1. The molecule has 7 heteroatoms. The third-order valence-electron chi connectivity index (χ3n) is 4.54. The largest absolute Gasteiger partial charge is 0.377 e. The highest BCUT2D eigenvalue weighted by atomic mass is 32.2. The fraction of sp³-hybridized carbons (Fsp3) is 0.333. The summed E-state index contributed by atoms with van der Waals surface area (Å²) in [5, 5.41) is 6.20. The highest BCUT2D eigenvalue weighted by Crippen LogP contribution is 2.29. The van der Waals surface area contributed by atoms with Gasteiger partial charge < -0.3 is 10.1 Å². The monoisotopic (exact) mass is 430 g/mol. The van der Waals surface area contributed by atoms with E-state index in [-0.39, 0.29) is 5.91 Å². The van der Waals surface area contributed by atoms with Crippen LogP contribution in [0.5, 0.6) is 0 Å². The average Bonchev–Trinajstić information content (AvgIpc) is 3.46. The molecular weight excluding hydrogens is 408 g/mol. The minimum atomic E-state index is -0.0325. The van der Waals surface area contributed by atoms with Gasteiger partial charge in [-0.1, -0.05) is 12.1 Å². The van der Waals surface area contributed by atoms with Gasteiger partial charge >= 0.3 is 0 Å². The standard InChI is InChI=1S/C21H22N2O2S3/c1-14-23-18(13-26-14)20-9-8-16(28-20)11-22-21(24)17-6-2-3-7-19(17)27-12-15-5-4-10-25-15/h2-3,6-9,13,15H,4-5,10-12H2,1H3,(H,22,24)/t15-/m0/s1. The Morgan fingerprint density at radius 1 is 1.32 bits per heavy atom. The molecule has 146 valence electrons. The number of thiazole rings is 1. The molecule has 4 rings (SSSR count). The Balaban J connectivity index is 1.37. The highest BCUT2D eigenvalue weighted by Gasteiger charge is 2.18. The maximum absolute atomic E-state index is 12.8. The predicted octanol–water partition coefficient (Wildman–Crippen LogP) is 5.38. The summed E-state index contributed by atoms with van der Waals surface area (Å²) >= 11 is 5.04. The van der Waals surface area contributed by atoms with E-state index < -0.39 is 0 Å². The molecule has 1 fully saturated rings. The number of rotatable bonds is 7. The topological polar surface area (TPSA) is 51.2 Å². The van der Waals surface area contributed by atoms with Crippen LogP contribution in [0.15, 0.2) is 46.7 Å². The summed E-state index contributed by atoms with van der Waals surface area (Å²) in [5.41, 5.74) is 1.75. The van der Waals surface area contributed by atoms with E-state index in [4.69, 9.17) is 4.74 Å². The number of thioether (sulfide) groups is 1. The molecule has 0 aliphatic carbocycles. The molecule has 3 aromatic rings. The second kappa shape index (κ2) is 9.22. The molecule has 0 spiro atoms. The summed E-state index contributed by atoms with van der Waals surface area (Å²) in [6, 6.07) is 11.9. The molecule has 1 saturated heterocycles. The predicted molar refractivity (Wildman–Crippen MR) is 117 cm³/mol. The normalized spacial score (nSPS) is 16.4. The van der Waals surface area contributed by atoms with Gasteiger partial charge in [-0.25, -0.2) is 4.98 Å². The van der Waals surface area contributed by atoms with Crippen molar-refractivity contribution in [3.63, 3.8) is 0 Å². The molecular formula is C21H22N2O2S3. The Labute approximate surface area is 177 Å². The summed E-state index contributed by atoms with van der Waals surface area (Å²) in [6.07, 6.45) is 2.55. The maximum atomic E-state index is 12.8. The van der Waals surface area contributed by atoms with Gasteiger partial charge in [-0.2, -0.15) is 0 Å². The van der Waals surface area contributed by atoms with E-state index in [1.165, 1.54) is 0 Å². The first kappa shape index (κ1) is 19.6. The molecule has 28 heavy (non-hydrogen) atoms. The third-order valence-corrected chi connectivity index (χ3v) is 7.62. The van der Waals surface area contributed by atoms with Crippen LogP contribution in [0.4, 0.5) is 0 Å². The number of benzene rings is 1. The Hall–Kier alpha value is -1.67. The van der Waals surface area contributed by atoms with E-state index in [0.717, 1.165) is 56.1 Å². The van der Waals surface area contributed by atoms with Crippen LogP contribution in [-0.2, 0) is 11.3 Å². The van der Waals surface area contributed by atoms with Crippen LogP contribution >= 0.6 is 34.4 Å². The van der Waals surface area contributed by atoms with E-state index in [1.54, 1.807) is 34.4 Å². The van der Waals surface area contributed by atoms with Crippen molar-refractivity contribution in [1.29, 1.82) is 0 Å². The summed E-state index contributed by atoms with van der Waals surface area (Å²) in [5.74, 6) is 0.862. The number of carbonyl (C=O) groups excluding carboxylic acids is 1. The van der Waals surface area contributed by atoms with E-state index in [9.17, 15) is 4.79 Å². The third kappa shape index (κ3) is 4.84. The quantitative estimate of drug-likeness (QED) is 0.511. The molecule has 0 saturated carbocycles. The first-order chi connectivity index (χ1) is 13.7. The van der Waals surface area contributed by atoms with Crippen LogP contribution in [0.25, 0.3) is 10.6 Å². The summed E-state index contributed by atoms with van der Waals surface area (Å²) in [4.78, 5) is 20.6. The Morgan fingerprint density at radius 3 is 3.00 bits per heavy atom. The van der Waals surface area contributed by atoms with Gasteiger partial charge in [-0.05, 0) is 44.0 Å². The fourth-order valence-corrected chi connectivity index (χ4v) is 5.80. The Bertz CT molecular complexity index is 945. The van der Waals surface area contributed by atoms with Crippen molar-refractivity contribution in [2.45, 2.75) is 37.3 Å². The molecule has 1 aliphatic rings. The number of ether oxygens (including phenoxy) is 1. The molecule has 0 radical (unpaired) electrons. The molecule has 1 N–H and O–H groups in total. The van der Waals surface area contributed by atoms with Gasteiger partial charge in [0.15, 0.2) is 0 Å². The van der Waals surface area contributed by atoms with Gasteiger partial charge in [0.2, 0.25) is 0 Å². The summed E-state index contributed by atoms with van der Waals surface area (Å²) < 4.78 is 5.70. The SMILES string of the molecule is Cc1nc(-c2ccc(CNC(=O)c3ccccc3SC[C@@H]3CCCO3)s2)cs1. The van der Waals surface area contributed by atoms with Gasteiger partial charge in [-0.3, -0.25) is 4.79 Å². The van der Waals surface area contributed by atoms with E-state index in [1.807, 2.05) is 31.2 Å². The highest BCUT2D eigenvalue weighted by molar-refractivity contribution is 7.99. The first-order valence-corrected chi connectivity index (χ1v) is 12.0. The lowest BCUT2D eigenvalue weighted by Crippen LogP contribution is -2.23. The molecule has 3 heterocycles. The van der Waals surface area contributed by atoms with Crippen molar-refractivity contribution in [2.24, 2.45) is 0 Å². The smallest absolute Gasteiger partial charge is 0.252 e. The van der Waals surface area contributed by atoms with Crippen LogP contribution in [0.3, 0.4) is 0 Å². The number of aryl methyl sites for hydroxylation is 1. The van der Waals surface area contributed by atoms with Crippen LogP contribution in [-0.4, -0.2) is 29.4 Å². The lowest BCUT2D eigenvalue weighted by atomic mass is 10.2. The summed E-state index contributed by atoms with van der Waals surface area (Å²) in [6.45, 7) is 3.39. The molecule has 2 aromatic heterocycles. The van der Waals surface area contributed by atoms with Gasteiger partial charge in [-0.15, -0.1) is 34.4 Å². The van der Waals surface area contributed by atoms with Gasteiger partial charge in [0.25, 0.3) is 5.91 Å². The van der Waals surface area contributed by atoms with Gasteiger partial charge in [0.05, 0.1) is 33.8 Å². The zero-order chi connectivity index (χ0) is 19.3. The molecule has 0 unspecified atom stereocenters. The van der Waals surface area contributed by atoms with Crippen molar-refractivity contribution in [2.75, 3.05) is 12.4 Å². The van der Waals surface area contributed by atoms with Crippen molar-refractivity contribution in [3.8, 4) is 10.6 Å². The number of hydrogen-bond acceptors (Lipinski definition) is 6. The molecule has 1 aliphatic heterocycles. The minimum absolute atomic E-state index is 0.0325. The molecule has 1 aromatic carbocycles. The molecule has 1 amide bonds. The second-order valence-corrected chi connectivity index (χ2v) is 9.93. The van der Waals surface area contributed by atoms with Crippen molar-refractivity contribution < 1.29 is 9.53 Å². The maximum Gasteiger partial charge on any atom is 0.252 e. The lowest BCUT2D eigenvalue weighted by Gasteiger charge is -2.12. The van der Waals surface area contributed by atoms with Crippen LogP contribution < -0.4 is 5.32 Å². The van der Waals surface area contributed by atoms with E-state index in [2.05, 4.69) is 27.8 Å². The molecule has 4 nitrogen and oxygen atoms in total. The molecule has 1 atom stereocenters. The van der Waals surface area contributed by atoms with Crippen molar-refractivity contribution in [3.05, 3.63) is 57.2 Å². The molecule has 0 bridgehead atoms. The van der Waals surface area contributed by atoms with Crippen molar-refractivity contribution in [1.82, 2.24) is 10.3 Å². The number of carbonyl (C=O) groups is 1. The average molecular weight is 431 g/mol. The Kier molecular flexibility index (Phi) is 6.47. The van der Waals surface area contributed by atoms with Crippen LogP contribution in [0, 0.1) is 6.92 Å². The lowest BCUT2D eigenvalue weighted by molar-refractivity contribution is 0.0948. The fourth-order valence-electron chi connectivity index (χ4n) is 3.09. The van der Waals surface area contributed by atoms with Crippen LogP contribution in [0.1, 0.15) is 33.1 Å². The second-order valence-electron chi connectivity index (χ2n) is 6.64. The number of aromatic nitrogens is 1. The number of amides is 1. The summed E-state index contributed by atoms with van der Waals surface area (Å²) in [7, 11) is 0. The van der Waals surface area contributed by atoms with Crippen molar-refractivity contribution >= 4 is 40.3 Å². The van der Waals surface area contributed by atoms with E-state index in [0.29, 0.717) is 12.6 Å². The number of hydrogen-bond donors (Lipinski definition) is 1. The zero-order valence-corrected chi connectivity index (χ0v) is 18.1. The van der Waals surface area contributed by atoms with Gasteiger partial charge in [0.1, 0.15) is 0 Å². The number of thiophene rings is 1. The number of nitrogens with zero attached hydrogens (tertiary/aromatic N) is 1. The minimum Gasteiger partial charge on any atom is -0.377 e. The Morgan fingerprint density at radius 2 is 2.21 bits per heavy atom. The van der Waals surface area contributed by atoms with Gasteiger partial charge in [0, 0.05) is 27.5 Å². The zero-order valence-electron chi connectivity index (χ0n) is 15.6. The van der Waals surface area contributed by atoms with E-state index >= 15 is 0 Å². The van der Waals surface area contributed by atoms with Crippen LogP contribution in [0.2, 0.25) is 0 Å². The first-order valence-electron chi connectivity index (χ1n) is 9.32.